The zero-order chi connectivity index (χ0) is 160. The van der Waals surface area contributed by atoms with Gasteiger partial charge in [-0.2, -0.15) is 0 Å². The summed E-state index contributed by atoms with van der Waals surface area (Å²) in [5, 5.41) is -5.74. The molecular formula is C140H99N7Si2. The fourth-order valence-corrected chi connectivity index (χ4v) is 28.5. The molecule has 0 fully saturated rings. The van der Waals surface area contributed by atoms with Gasteiger partial charge in [-0.15, -0.1) is 0 Å². The highest BCUT2D eigenvalue weighted by atomic mass is 28.3. The smallest absolute Gasteiger partial charge is 0.179 e. The molecule has 30 rings (SSSR count). The summed E-state index contributed by atoms with van der Waals surface area (Å²) in [7, 11) is -9.63. The first-order valence-corrected chi connectivity index (χ1v) is 49.8. The normalized spacial score (nSPS) is 18.5. The topological polar surface area (TPSA) is 34.5 Å². The SMILES string of the molecule is [2H]c1c([2H])c([2H])c([Si](c2c([2H])c([2H])c([2H])c([2H])c2[2H])(c2c([2H])c([2H])c([2H])c(C)c2[2H])c2c([2H])c([2H])c([2H])c(-n3c4c([2H])c([2H])c([2H])c([2H])c4c4c([2H])c(-n5c6c([2H])c([2H])c([2H])c([2H])c6c6c([2H])c([2H])c([2H])c([2H])c65)c([2H])c([2H])c43)c2[2H])c([2H])c1[2H].[2H]c1c([2H])c([2H])c2c(c1[2H])c1c([2H])c(-n3c4c([2H])c([2H])c([2H])c([2H])c4c4c([2H])c([2H])c([2H])c([2H])c43)c([2H])c([2H])c1n2-c1cccc([Si](c2ccccc2)(c2ccccc2)c2ccccc2)c1.[2H]c1c([2H])c([2H])c2c(c1[2H])c1c([2H])c(C)c([2H])c([2H])c1n2-c1ccccc1-n1c2c([2H])c([2H])c([2H])c([2H])c2c2c([2H])c(-n3c4c([2H])c([2H])c([2H])c([2H])c4c4c([2H])c([2H])c([2H])c([2H])c43)c([2H])c([2H])c21. The molecule has 0 amide bonds. The van der Waals surface area contributed by atoms with Gasteiger partial charge in [0.15, 0.2) is 16.1 Å². The molecule has 0 radical (unpaired) electrons. The second-order valence-corrected chi connectivity index (χ2v) is 41.3. The van der Waals surface area contributed by atoms with Gasteiger partial charge in [-0.05, 0) is 219 Å². The van der Waals surface area contributed by atoms with Crippen LogP contribution in [0.3, 0.4) is 0 Å². The van der Waals surface area contributed by atoms with Crippen LogP contribution in [0.15, 0.2) is 562 Å². The molecule has 0 N–H and O–H groups in total. The van der Waals surface area contributed by atoms with Gasteiger partial charge in [0.25, 0.3) is 0 Å². The number of benzene rings is 23. The van der Waals surface area contributed by atoms with Crippen molar-refractivity contribution in [3.05, 3.63) is 574 Å². The molecule has 7 aromatic heterocycles. The number of hydrogen-bond acceptors (Lipinski definition) is 0. The maximum atomic E-state index is 10.5. The molecule has 0 bridgehead atoms. The summed E-state index contributed by atoms with van der Waals surface area (Å²) in [5.41, 5.74) is -9.40. The maximum Gasteiger partial charge on any atom is 0.179 e. The molecule has 149 heavy (non-hydrogen) atoms. The summed E-state index contributed by atoms with van der Waals surface area (Å²) >= 11 is 0. The third kappa shape index (κ3) is 14.1. The lowest BCUT2D eigenvalue weighted by Gasteiger charge is -2.35. The van der Waals surface area contributed by atoms with Crippen molar-refractivity contribution < 1.29 is 96.0 Å². The van der Waals surface area contributed by atoms with Gasteiger partial charge in [-0.25, -0.2) is 0 Å². The van der Waals surface area contributed by atoms with E-state index < -0.39 is 536 Å². The zero-order valence-electron chi connectivity index (χ0n) is 147. The summed E-state index contributed by atoms with van der Waals surface area (Å²) in [6.45, 7) is 2.52. The highest BCUT2D eigenvalue weighted by Gasteiger charge is 2.44. The molecule has 7 heterocycles. The van der Waals surface area contributed by atoms with Crippen molar-refractivity contribution in [3.8, 4) is 39.8 Å². The summed E-state index contributed by atoms with van der Waals surface area (Å²) < 4.78 is 646. The molecule has 30 aromatic rings. The third-order valence-electron chi connectivity index (χ3n) is 26.1. The van der Waals surface area contributed by atoms with Gasteiger partial charge in [-0.1, -0.05) is 410 Å². The number of rotatable bonds is 15. The summed E-state index contributed by atoms with van der Waals surface area (Å²) in [6.07, 6.45) is 0. The molecular weight excluding hydrogens is 1840 g/mol. The van der Waals surface area contributed by atoms with E-state index in [1.807, 2.05) is 72.8 Å². The monoisotopic (exact) mass is 2000 g/mol. The van der Waals surface area contributed by atoms with E-state index in [1.165, 1.54) is 44.9 Å². The number of fused-ring (bicyclic) bond motifs is 21. The van der Waals surface area contributed by atoms with Crippen molar-refractivity contribution in [2.75, 3.05) is 0 Å². The molecule has 0 unspecified atom stereocenters. The van der Waals surface area contributed by atoms with Crippen molar-refractivity contribution in [1.82, 2.24) is 32.0 Å². The first-order valence-electron chi connectivity index (χ1n) is 80.8. The van der Waals surface area contributed by atoms with Crippen LogP contribution in [0.2, 0.25) is 0 Å². The van der Waals surface area contributed by atoms with Crippen molar-refractivity contribution in [3.63, 3.8) is 0 Å². The lowest BCUT2D eigenvalue weighted by atomic mass is 10.1. The van der Waals surface area contributed by atoms with Crippen molar-refractivity contribution >= 4 is 210 Å². The lowest BCUT2D eigenvalue weighted by molar-refractivity contribution is 1.09. The van der Waals surface area contributed by atoms with Gasteiger partial charge in [0.05, 0.1) is 185 Å². The van der Waals surface area contributed by atoms with Gasteiger partial charge in [0, 0.05) is 104 Å². The van der Waals surface area contributed by atoms with Crippen LogP contribution < -0.4 is 41.5 Å². The Morgan fingerprint density at radius 2 is 0.389 bits per heavy atom. The molecule has 9 heteroatoms. The number of nitrogens with zero attached hydrogens (tertiary/aromatic N) is 7. The highest BCUT2D eigenvalue weighted by molar-refractivity contribution is 7.20. The maximum absolute atomic E-state index is 10.5. The van der Waals surface area contributed by atoms with E-state index in [2.05, 4.69) is 36.4 Å². The third-order valence-corrected chi connectivity index (χ3v) is 34.9. The fourth-order valence-electron chi connectivity index (χ4n) is 20.0. The van der Waals surface area contributed by atoms with E-state index in [4.69, 9.17) is 60.3 Å². The van der Waals surface area contributed by atoms with Crippen LogP contribution in [-0.4, -0.2) is 48.1 Å². The van der Waals surface area contributed by atoms with Crippen LogP contribution in [0.1, 0.15) is 107 Å². The van der Waals surface area contributed by atoms with Gasteiger partial charge in [0.1, 0.15) is 0 Å². The summed E-state index contributed by atoms with van der Waals surface area (Å²) in [6, 6.07) is -16.7. The average Bonchev–Trinajstić information content (AvgIpc) is 1.33. The van der Waals surface area contributed by atoms with Gasteiger partial charge in [0.2, 0.25) is 0 Å². The molecule has 0 spiro atoms. The van der Waals surface area contributed by atoms with Crippen LogP contribution in [0.5, 0.6) is 0 Å². The van der Waals surface area contributed by atoms with E-state index in [0.29, 0.717) is 14.8 Å². The van der Waals surface area contributed by atoms with Crippen LogP contribution in [-0.2, 0) is 0 Å². The van der Waals surface area contributed by atoms with Crippen molar-refractivity contribution in [2.45, 2.75) is 13.8 Å². The molecule has 0 aliphatic heterocycles. The van der Waals surface area contributed by atoms with E-state index in [9.17, 15) is 35.6 Å². The van der Waals surface area contributed by atoms with Crippen molar-refractivity contribution in [2.24, 2.45) is 0 Å². The first kappa shape index (κ1) is 42.0. The zero-order valence-corrected chi connectivity index (χ0v) is 78.9. The largest absolute Gasteiger partial charge is 0.309 e. The predicted molar refractivity (Wildman–Crippen MR) is 636 cm³/mol. The minimum Gasteiger partial charge on any atom is -0.309 e. The number of para-hydroxylation sites is 12. The van der Waals surface area contributed by atoms with E-state index in [-0.39, 0.29) is 122 Å². The molecule has 0 aliphatic rings. The molecule has 702 valence electrons. The second-order valence-electron chi connectivity index (χ2n) is 34.0. The van der Waals surface area contributed by atoms with E-state index in [1.54, 1.807) is 6.07 Å². The first-order chi connectivity index (χ1) is 103. The second kappa shape index (κ2) is 36.1. The molecule has 7 nitrogen and oxygen atoms in total. The number of hydrogen-bond donors (Lipinski definition) is 0. The van der Waals surface area contributed by atoms with Crippen molar-refractivity contribution in [1.29, 1.82) is 0 Å². The van der Waals surface area contributed by atoms with E-state index >= 15 is 0 Å². The molecule has 0 aliphatic carbocycles. The Morgan fingerprint density at radius 1 is 0.148 bits per heavy atom. The quantitative estimate of drug-likeness (QED) is 0.0724. The van der Waals surface area contributed by atoms with Gasteiger partial charge >= 0.3 is 0 Å². The fraction of sp³-hybridized carbons (Fsp3) is 0.0143. The standard InChI is InChI=1S/C49H36N2Si.C48H34N2Si.C43H29N3/c1-35-16-14-22-40(32-35)52(38-18-4-2-5-19-38,39-20-6-3-7-21-39)41-23-15-17-36(33-41)50-48-29-13-10-26-44(48)45-34-37(30-31-49(45)50)51-46-27-11-8-24-42(46)43-25-9-12-28-47(43)51;1-4-18-37(19-5-1)51(38-20-6-2-7-21-38,39-22-8-3-9-23-39)40-24-16-17-35(33-40)49-47-30-15-12-27-43(47)44-34-36(31-32-48(44)49)50-45-28-13-10-25-41(45)42-26-11-14-29-46(42)50;1-28-22-24-40-34(26-28)32-14-4-8-18-38(32)45(40)42-20-10-11-21-43(42)46-39-19-9-5-15-33(39)35-27-29(23-25-41(35)46)44-36-16-6-2-12-30(36)31-13-3-7-17-37(31)44/h2-34H,1H3;1-34H;2-27H,1H3/i2D,3D,4D,5D,6D,7D,8D,9D,10D,11D,12D,13D,14D,15D,16D,17D,18D,19D,20D,21D,22D,23D,24D,25D,26D,27D,28D,29D,30D,31D,32D,33D,34D;10D,11D,12D,13D,14D,15D,25D,26D,27D,28D,29D,30D,31D,32D,34D;2D,3D,4D,5D,6D,7D,8D,9D,12D,13D,14D,15D,16D,17D,18D,19D,22D,23D,24D,25D,26D,27D. The molecule has 0 saturated carbocycles. The minimum atomic E-state index is -6.43. The van der Waals surface area contributed by atoms with Crippen LogP contribution in [0, 0.1) is 13.8 Å². The Morgan fingerprint density at radius 3 is 0.745 bits per heavy atom. The molecule has 0 atom stereocenters. The lowest BCUT2D eigenvalue weighted by Crippen LogP contribution is -2.74. The van der Waals surface area contributed by atoms with Gasteiger partial charge in [-0.3, -0.25) is 0 Å². The number of aromatic nitrogens is 7. The van der Waals surface area contributed by atoms with Crippen LogP contribution >= 0.6 is 0 Å². The highest BCUT2D eigenvalue weighted by Crippen LogP contribution is 2.45. The van der Waals surface area contributed by atoms with Crippen LogP contribution in [0.4, 0.5) is 0 Å². The van der Waals surface area contributed by atoms with Gasteiger partial charge < -0.3 is 32.0 Å². The minimum absolute atomic E-state index is 0.0455. The Balaban J connectivity index is 0.000000144. The Labute approximate surface area is 963 Å². The molecule has 0 saturated heterocycles. The molecule has 23 aromatic carbocycles. The van der Waals surface area contributed by atoms with Crippen LogP contribution in [0.25, 0.3) is 192 Å². The summed E-state index contributed by atoms with van der Waals surface area (Å²) in [4.78, 5) is 0. The Kier molecular flexibility index (Phi) is 10.2. The predicted octanol–water partition coefficient (Wildman–Crippen LogP) is 30.1. The Bertz CT molecular complexity index is 14500. The summed E-state index contributed by atoms with van der Waals surface area (Å²) in [5.74, 6) is 0. The average molecular weight is 2010 g/mol. The van der Waals surface area contributed by atoms with E-state index in [0.717, 1.165) is 36.8 Å². The Hall–Kier alpha value is -18.9.